The van der Waals surface area contributed by atoms with Gasteiger partial charge >= 0.3 is 0 Å². The van der Waals surface area contributed by atoms with Crippen LogP contribution in [-0.2, 0) is 20.7 Å². The minimum atomic E-state index is -1.74. The Hall–Kier alpha value is -3.50. The highest BCUT2D eigenvalue weighted by Gasteiger charge is 2.43. The predicted molar refractivity (Wildman–Crippen MR) is 130 cm³/mol. The summed E-state index contributed by atoms with van der Waals surface area (Å²) >= 11 is 0. The number of likely N-dealkylation sites (tertiary alicyclic amines) is 1. The molecule has 0 aliphatic carbocycles. The zero-order valence-corrected chi connectivity index (χ0v) is 20.3. The van der Waals surface area contributed by atoms with Crippen molar-refractivity contribution in [3.63, 3.8) is 0 Å². The summed E-state index contributed by atoms with van der Waals surface area (Å²) in [6.07, 6.45) is -3.24. The molecule has 9 nitrogen and oxygen atoms in total. The molecule has 194 valence electrons. The molecule has 10 heteroatoms. The summed E-state index contributed by atoms with van der Waals surface area (Å²) in [5.74, 6) is -2.04. The standard InChI is InChI=1S/C26H32FN3O6/c1-16-19(9-6-10-22(16)31)24(33)29-20(13-17-7-4-3-5-8-17)23(32)26(35)30-15-18(27)14-21(30)25(34)28-11-12-36-2/h3-10,18,20-21,23,31-32H,11-15H2,1-2H3,(H,28,34)(H,29,33)/t18-,20-,21+,23-/m0/s1. The molecule has 0 saturated carbocycles. The van der Waals surface area contributed by atoms with Gasteiger partial charge in [0, 0.05) is 31.2 Å². The fourth-order valence-corrected chi connectivity index (χ4v) is 4.24. The highest BCUT2D eigenvalue weighted by atomic mass is 19.1. The van der Waals surface area contributed by atoms with Gasteiger partial charge in [-0.3, -0.25) is 14.4 Å². The lowest BCUT2D eigenvalue weighted by molar-refractivity contribution is -0.146. The molecule has 1 heterocycles. The molecule has 3 amide bonds. The summed E-state index contributed by atoms with van der Waals surface area (Å²) in [4.78, 5) is 40.0. The molecule has 3 rings (SSSR count). The van der Waals surface area contributed by atoms with Crippen molar-refractivity contribution >= 4 is 17.7 Å². The van der Waals surface area contributed by atoms with Gasteiger partial charge in [0.15, 0.2) is 6.10 Å². The zero-order chi connectivity index (χ0) is 26.2. The van der Waals surface area contributed by atoms with Crippen molar-refractivity contribution in [2.24, 2.45) is 0 Å². The molecule has 0 radical (unpaired) electrons. The smallest absolute Gasteiger partial charge is 0.254 e. The van der Waals surface area contributed by atoms with Gasteiger partial charge in [0.25, 0.3) is 11.8 Å². The summed E-state index contributed by atoms with van der Waals surface area (Å²) in [7, 11) is 1.48. The van der Waals surface area contributed by atoms with Crippen LogP contribution in [0, 0.1) is 6.92 Å². The van der Waals surface area contributed by atoms with E-state index in [4.69, 9.17) is 4.74 Å². The van der Waals surface area contributed by atoms with Gasteiger partial charge in [-0.05, 0) is 31.0 Å². The Morgan fingerprint density at radius 2 is 1.89 bits per heavy atom. The van der Waals surface area contributed by atoms with Gasteiger partial charge in [0.05, 0.1) is 19.2 Å². The van der Waals surface area contributed by atoms with Crippen LogP contribution in [0.4, 0.5) is 4.39 Å². The number of nitrogens with one attached hydrogen (secondary N) is 2. The number of aliphatic hydroxyl groups is 1. The Morgan fingerprint density at radius 3 is 2.58 bits per heavy atom. The number of carbonyl (C=O) groups is 3. The van der Waals surface area contributed by atoms with E-state index in [1.807, 2.05) is 6.07 Å². The summed E-state index contributed by atoms with van der Waals surface area (Å²) < 4.78 is 19.2. The van der Waals surface area contributed by atoms with Crippen molar-refractivity contribution in [3.8, 4) is 5.75 Å². The molecule has 0 bridgehead atoms. The molecular formula is C26H32FN3O6. The van der Waals surface area contributed by atoms with E-state index < -0.39 is 42.1 Å². The van der Waals surface area contributed by atoms with Crippen molar-refractivity contribution in [2.45, 2.75) is 44.1 Å². The molecule has 1 aliphatic heterocycles. The Labute approximate surface area is 209 Å². The van der Waals surface area contributed by atoms with Crippen molar-refractivity contribution < 1.29 is 33.7 Å². The number of benzene rings is 2. The number of rotatable bonds is 10. The van der Waals surface area contributed by atoms with Gasteiger partial charge < -0.3 is 30.5 Å². The van der Waals surface area contributed by atoms with Gasteiger partial charge in [-0.15, -0.1) is 0 Å². The van der Waals surface area contributed by atoms with Crippen LogP contribution in [0.1, 0.15) is 27.9 Å². The number of nitrogens with zero attached hydrogens (tertiary/aromatic N) is 1. The van der Waals surface area contributed by atoms with Crippen LogP contribution in [0.25, 0.3) is 0 Å². The lowest BCUT2D eigenvalue weighted by Crippen LogP contribution is -2.56. The second-order valence-corrected chi connectivity index (χ2v) is 8.79. The number of phenolic OH excluding ortho intramolecular Hbond substituents is 1. The minimum absolute atomic E-state index is 0.0627. The summed E-state index contributed by atoms with van der Waals surface area (Å²) in [5, 5.41) is 26.4. The van der Waals surface area contributed by atoms with E-state index >= 15 is 0 Å². The maximum absolute atomic E-state index is 14.3. The van der Waals surface area contributed by atoms with Gasteiger partial charge in [-0.2, -0.15) is 0 Å². The first-order valence-electron chi connectivity index (χ1n) is 11.8. The zero-order valence-electron chi connectivity index (χ0n) is 20.3. The van der Waals surface area contributed by atoms with Crippen LogP contribution in [0.3, 0.4) is 0 Å². The van der Waals surface area contributed by atoms with Crippen LogP contribution in [0.15, 0.2) is 48.5 Å². The van der Waals surface area contributed by atoms with E-state index in [0.717, 1.165) is 10.5 Å². The van der Waals surface area contributed by atoms with Crippen LogP contribution >= 0.6 is 0 Å². The predicted octanol–water partition coefficient (Wildman–Crippen LogP) is 1.10. The van der Waals surface area contributed by atoms with Gasteiger partial charge in [-0.1, -0.05) is 36.4 Å². The fourth-order valence-electron chi connectivity index (χ4n) is 4.24. The summed E-state index contributed by atoms with van der Waals surface area (Å²) in [5.41, 5.74) is 1.29. The second-order valence-electron chi connectivity index (χ2n) is 8.79. The number of ether oxygens (including phenoxy) is 1. The quantitative estimate of drug-likeness (QED) is 0.361. The minimum Gasteiger partial charge on any atom is -0.508 e. The Balaban J connectivity index is 1.82. The third kappa shape index (κ3) is 6.58. The van der Waals surface area contributed by atoms with Crippen molar-refractivity contribution in [1.82, 2.24) is 15.5 Å². The van der Waals surface area contributed by atoms with Gasteiger partial charge in [-0.25, -0.2) is 4.39 Å². The number of methoxy groups -OCH3 is 1. The molecular weight excluding hydrogens is 469 g/mol. The molecule has 1 saturated heterocycles. The maximum Gasteiger partial charge on any atom is 0.254 e. The SMILES string of the molecule is COCCNC(=O)[C@H]1C[C@H](F)CN1C(=O)[C@@H](O)[C@H](Cc1ccccc1)NC(=O)c1cccc(O)c1C. The number of aliphatic hydroxyl groups excluding tert-OH is 1. The number of alkyl halides is 1. The van der Waals surface area contributed by atoms with Crippen LogP contribution < -0.4 is 10.6 Å². The third-order valence-corrected chi connectivity index (χ3v) is 6.24. The van der Waals surface area contributed by atoms with Gasteiger partial charge in [0.1, 0.15) is 18.0 Å². The number of amides is 3. The van der Waals surface area contributed by atoms with E-state index in [1.54, 1.807) is 31.2 Å². The summed E-state index contributed by atoms with van der Waals surface area (Å²) in [6, 6.07) is 11.3. The van der Waals surface area contributed by atoms with E-state index in [-0.39, 0.29) is 43.9 Å². The second kappa shape index (κ2) is 12.5. The number of carbonyl (C=O) groups excluding carboxylic acids is 3. The van der Waals surface area contributed by atoms with Crippen molar-refractivity contribution in [3.05, 3.63) is 65.2 Å². The molecule has 36 heavy (non-hydrogen) atoms. The fraction of sp³-hybridized carbons (Fsp3) is 0.423. The molecule has 0 unspecified atom stereocenters. The first kappa shape index (κ1) is 27.1. The molecule has 2 aromatic carbocycles. The molecule has 2 aromatic rings. The molecule has 1 aliphatic rings. The molecule has 4 atom stereocenters. The van der Waals surface area contributed by atoms with Crippen molar-refractivity contribution in [2.75, 3.05) is 26.8 Å². The van der Waals surface area contributed by atoms with Crippen LogP contribution in [0.2, 0.25) is 0 Å². The number of hydrogen-bond donors (Lipinski definition) is 4. The van der Waals surface area contributed by atoms with E-state index in [0.29, 0.717) is 5.56 Å². The topological polar surface area (TPSA) is 128 Å². The third-order valence-electron chi connectivity index (χ3n) is 6.24. The molecule has 1 fully saturated rings. The van der Waals surface area contributed by atoms with E-state index in [2.05, 4.69) is 10.6 Å². The average molecular weight is 502 g/mol. The van der Waals surface area contributed by atoms with Crippen LogP contribution in [-0.4, -0.2) is 84.0 Å². The van der Waals surface area contributed by atoms with E-state index in [9.17, 15) is 29.0 Å². The number of hydrogen-bond acceptors (Lipinski definition) is 6. The van der Waals surface area contributed by atoms with Gasteiger partial charge in [0.2, 0.25) is 5.91 Å². The molecule has 0 spiro atoms. The largest absolute Gasteiger partial charge is 0.508 e. The lowest BCUT2D eigenvalue weighted by atomic mass is 9.98. The Morgan fingerprint density at radius 1 is 1.17 bits per heavy atom. The number of halogens is 1. The van der Waals surface area contributed by atoms with Crippen molar-refractivity contribution in [1.29, 1.82) is 0 Å². The first-order chi connectivity index (χ1) is 17.2. The maximum atomic E-state index is 14.3. The Kier molecular flexibility index (Phi) is 9.38. The van der Waals surface area contributed by atoms with Crippen LogP contribution in [0.5, 0.6) is 5.75 Å². The molecule has 0 aromatic heterocycles. The van der Waals surface area contributed by atoms with E-state index in [1.165, 1.54) is 25.3 Å². The highest BCUT2D eigenvalue weighted by molar-refractivity contribution is 5.97. The number of aromatic hydroxyl groups is 1. The highest BCUT2D eigenvalue weighted by Crippen LogP contribution is 2.24. The number of phenols is 1. The average Bonchev–Trinajstić information content (AvgIpc) is 3.26. The normalized spacial score (nSPS) is 18.9. The first-order valence-corrected chi connectivity index (χ1v) is 11.8. The lowest BCUT2D eigenvalue weighted by Gasteiger charge is -2.30. The summed E-state index contributed by atoms with van der Waals surface area (Å²) in [6.45, 7) is 1.70. The molecule has 4 N–H and O–H groups in total. The monoisotopic (exact) mass is 501 g/mol. The Bertz CT molecular complexity index is 1070.